The van der Waals surface area contributed by atoms with E-state index >= 15 is 0 Å². The topological polar surface area (TPSA) is 91.3 Å². The van der Waals surface area contributed by atoms with Crippen LogP contribution in [0.5, 0.6) is 5.75 Å². The lowest BCUT2D eigenvalue weighted by Crippen LogP contribution is -1.96. The maximum absolute atomic E-state index is 10.6. The van der Waals surface area contributed by atoms with E-state index in [9.17, 15) is 10.1 Å². The van der Waals surface area contributed by atoms with Gasteiger partial charge >= 0.3 is 0 Å². The molecule has 0 saturated carbocycles. The number of hydrogen-bond acceptors (Lipinski definition) is 6. The van der Waals surface area contributed by atoms with Gasteiger partial charge in [0.25, 0.3) is 5.69 Å². The van der Waals surface area contributed by atoms with Gasteiger partial charge in [-0.25, -0.2) is 4.98 Å². The first-order chi connectivity index (χ1) is 8.97. The minimum atomic E-state index is -0.578. The molecule has 1 heterocycles. The quantitative estimate of drug-likeness (QED) is 0.687. The molecule has 2 N–H and O–H groups in total. The monoisotopic (exact) mass is 319 g/mol. The number of non-ortho nitro benzene ring substituents is 1. The van der Waals surface area contributed by atoms with Crippen molar-refractivity contribution in [3.05, 3.63) is 43.4 Å². The van der Waals surface area contributed by atoms with Crippen LogP contribution < -0.4 is 10.5 Å². The average molecular weight is 320 g/mol. The number of nitro benzene ring substituents is 1. The van der Waals surface area contributed by atoms with Crippen LogP contribution >= 0.6 is 34.5 Å². The van der Waals surface area contributed by atoms with Gasteiger partial charge in [0.15, 0.2) is 10.9 Å². The van der Waals surface area contributed by atoms with E-state index in [0.717, 1.165) is 4.88 Å². The van der Waals surface area contributed by atoms with Crippen molar-refractivity contribution in [2.45, 2.75) is 6.61 Å². The van der Waals surface area contributed by atoms with Crippen LogP contribution in [0.4, 0.5) is 10.8 Å². The maximum atomic E-state index is 10.6. The van der Waals surface area contributed by atoms with Crippen LogP contribution in [0, 0.1) is 10.1 Å². The van der Waals surface area contributed by atoms with E-state index in [4.69, 9.17) is 33.7 Å². The first-order valence-electron chi connectivity index (χ1n) is 4.94. The molecule has 0 aliphatic rings. The molecule has 0 amide bonds. The van der Waals surface area contributed by atoms with Gasteiger partial charge < -0.3 is 10.5 Å². The van der Waals surface area contributed by atoms with Gasteiger partial charge in [0, 0.05) is 18.3 Å². The molecule has 0 aliphatic heterocycles. The zero-order chi connectivity index (χ0) is 14.0. The minimum Gasteiger partial charge on any atom is -0.485 e. The van der Waals surface area contributed by atoms with E-state index in [2.05, 4.69) is 4.98 Å². The fourth-order valence-corrected chi connectivity index (χ4v) is 2.50. The summed E-state index contributed by atoms with van der Waals surface area (Å²) >= 11 is 13.1. The van der Waals surface area contributed by atoms with Gasteiger partial charge in [-0.05, 0) is 0 Å². The Morgan fingerprint density at radius 2 is 2.05 bits per heavy atom. The molecule has 0 fully saturated rings. The molecule has 6 nitrogen and oxygen atoms in total. The van der Waals surface area contributed by atoms with Crippen LogP contribution in [-0.4, -0.2) is 9.91 Å². The third-order valence-electron chi connectivity index (χ3n) is 2.12. The number of thiazole rings is 1. The Balaban J connectivity index is 2.18. The molecule has 1 aromatic heterocycles. The van der Waals surface area contributed by atoms with E-state index in [-0.39, 0.29) is 28.1 Å². The first kappa shape index (κ1) is 13.9. The normalized spacial score (nSPS) is 10.4. The number of rotatable bonds is 4. The zero-order valence-corrected chi connectivity index (χ0v) is 11.6. The molecule has 0 unspecified atom stereocenters. The van der Waals surface area contributed by atoms with Gasteiger partial charge in [0.2, 0.25) is 0 Å². The number of anilines is 1. The molecule has 2 rings (SSSR count). The van der Waals surface area contributed by atoms with Crippen LogP contribution in [0.1, 0.15) is 4.88 Å². The van der Waals surface area contributed by atoms with Crippen molar-refractivity contribution >= 4 is 45.4 Å². The summed E-state index contributed by atoms with van der Waals surface area (Å²) in [5.41, 5.74) is 5.29. The second-order valence-corrected chi connectivity index (χ2v) is 5.41. The molecular weight excluding hydrogens is 313 g/mol. The Labute approximate surface area is 121 Å². The minimum absolute atomic E-state index is 0.0803. The molecule has 0 radical (unpaired) electrons. The molecule has 0 bridgehead atoms. The van der Waals surface area contributed by atoms with E-state index in [0.29, 0.717) is 5.13 Å². The van der Waals surface area contributed by atoms with E-state index < -0.39 is 4.92 Å². The van der Waals surface area contributed by atoms with Crippen molar-refractivity contribution in [3.63, 3.8) is 0 Å². The van der Waals surface area contributed by atoms with Crippen molar-refractivity contribution < 1.29 is 9.66 Å². The number of ether oxygens (including phenoxy) is 1. The third-order valence-corrected chi connectivity index (χ3v) is 3.49. The van der Waals surface area contributed by atoms with Crippen LogP contribution in [0.15, 0.2) is 18.3 Å². The van der Waals surface area contributed by atoms with Gasteiger partial charge in [0.1, 0.15) is 6.61 Å². The van der Waals surface area contributed by atoms with Crippen LogP contribution in [0.25, 0.3) is 0 Å². The van der Waals surface area contributed by atoms with Gasteiger partial charge in [-0.3, -0.25) is 10.1 Å². The number of nitrogens with zero attached hydrogens (tertiary/aromatic N) is 2. The zero-order valence-electron chi connectivity index (χ0n) is 9.30. The molecule has 9 heteroatoms. The lowest BCUT2D eigenvalue weighted by molar-refractivity contribution is -0.384. The molecule has 0 atom stereocenters. The second-order valence-electron chi connectivity index (χ2n) is 3.45. The number of benzene rings is 1. The second kappa shape index (κ2) is 5.60. The Morgan fingerprint density at radius 3 is 2.53 bits per heavy atom. The van der Waals surface area contributed by atoms with Crippen LogP contribution in [0.2, 0.25) is 10.0 Å². The standard InChI is InChI=1S/C10H7Cl2N3O3S/c11-7-1-5(15(16)17)2-8(12)9(7)18-4-6-3-14-10(13)19-6/h1-3H,4H2,(H2,13,14). The largest absolute Gasteiger partial charge is 0.485 e. The Bertz CT molecular complexity index is 609. The summed E-state index contributed by atoms with van der Waals surface area (Å²) in [7, 11) is 0. The molecule has 0 saturated heterocycles. The summed E-state index contributed by atoms with van der Waals surface area (Å²) in [6.45, 7) is 0.187. The molecule has 100 valence electrons. The SMILES string of the molecule is Nc1ncc(COc2c(Cl)cc([N+](=O)[O-])cc2Cl)s1. The molecular formula is C10H7Cl2N3O3S. The summed E-state index contributed by atoms with van der Waals surface area (Å²) in [6, 6.07) is 2.37. The summed E-state index contributed by atoms with van der Waals surface area (Å²) in [6.07, 6.45) is 1.58. The lowest BCUT2D eigenvalue weighted by Gasteiger charge is -2.08. The lowest BCUT2D eigenvalue weighted by atomic mass is 10.3. The summed E-state index contributed by atoms with van der Waals surface area (Å²) < 4.78 is 5.43. The van der Waals surface area contributed by atoms with E-state index in [1.54, 1.807) is 6.20 Å². The fraction of sp³-hybridized carbons (Fsp3) is 0.100. The van der Waals surface area contributed by atoms with Crippen LogP contribution in [0.3, 0.4) is 0 Å². The number of nitrogen functional groups attached to an aromatic ring is 1. The number of halogens is 2. The Hall–Kier alpha value is -1.57. The van der Waals surface area contributed by atoms with Crippen molar-refractivity contribution in [3.8, 4) is 5.75 Å². The highest BCUT2D eigenvalue weighted by Crippen LogP contribution is 2.37. The summed E-state index contributed by atoms with van der Waals surface area (Å²) in [5, 5.41) is 11.2. The van der Waals surface area contributed by atoms with Gasteiger partial charge in [0.05, 0.1) is 19.8 Å². The number of nitro groups is 1. The van der Waals surface area contributed by atoms with Crippen molar-refractivity contribution in [2.75, 3.05) is 5.73 Å². The predicted octanol–water partition coefficient (Wildman–Crippen LogP) is 3.52. The predicted molar refractivity (Wildman–Crippen MR) is 74.0 cm³/mol. The summed E-state index contributed by atoms with van der Waals surface area (Å²) in [5.74, 6) is 0.195. The molecule has 0 spiro atoms. The number of aromatic nitrogens is 1. The highest BCUT2D eigenvalue weighted by molar-refractivity contribution is 7.15. The highest BCUT2D eigenvalue weighted by atomic mass is 35.5. The van der Waals surface area contributed by atoms with Gasteiger partial charge in [-0.1, -0.05) is 34.5 Å². The molecule has 2 aromatic rings. The third kappa shape index (κ3) is 3.25. The first-order valence-corrected chi connectivity index (χ1v) is 6.51. The molecule has 0 aliphatic carbocycles. The Morgan fingerprint density at radius 1 is 1.42 bits per heavy atom. The van der Waals surface area contributed by atoms with Gasteiger partial charge in [-0.2, -0.15) is 0 Å². The van der Waals surface area contributed by atoms with Gasteiger partial charge in [-0.15, -0.1) is 0 Å². The van der Waals surface area contributed by atoms with E-state index in [1.165, 1.54) is 23.5 Å². The fourth-order valence-electron chi connectivity index (χ4n) is 1.32. The van der Waals surface area contributed by atoms with Crippen molar-refractivity contribution in [1.29, 1.82) is 0 Å². The van der Waals surface area contributed by atoms with Crippen molar-refractivity contribution in [1.82, 2.24) is 4.98 Å². The van der Waals surface area contributed by atoms with Crippen LogP contribution in [-0.2, 0) is 6.61 Å². The number of hydrogen-bond donors (Lipinski definition) is 1. The smallest absolute Gasteiger partial charge is 0.272 e. The maximum Gasteiger partial charge on any atom is 0.272 e. The molecule has 19 heavy (non-hydrogen) atoms. The molecule has 1 aromatic carbocycles. The average Bonchev–Trinajstić information content (AvgIpc) is 2.73. The highest BCUT2D eigenvalue weighted by Gasteiger charge is 2.16. The van der Waals surface area contributed by atoms with Crippen molar-refractivity contribution in [2.24, 2.45) is 0 Å². The van der Waals surface area contributed by atoms with E-state index in [1.807, 2.05) is 0 Å². The summed E-state index contributed by atoms with van der Waals surface area (Å²) in [4.78, 5) is 14.7. The Kier molecular flexibility index (Phi) is 4.08. The number of nitrogens with two attached hydrogens (primary N) is 1.